The molecule has 0 radical (unpaired) electrons. The Morgan fingerprint density at radius 1 is 1.29 bits per heavy atom. The molecule has 21 heavy (non-hydrogen) atoms. The molecule has 2 rings (SSSR count). The Morgan fingerprint density at radius 2 is 2.00 bits per heavy atom. The molecule has 1 heterocycles. The number of aryl methyl sites for hydroxylation is 2. The van der Waals surface area contributed by atoms with Crippen LogP contribution in [0.2, 0.25) is 0 Å². The SMILES string of the molecule is CCOc1cc(C)c(S(=O)(=O)N2CCCC(C)C2)cc1C. The summed E-state index contributed by atoms with van der Waals surface area (Å²) in [5.74, 6) is 1.19. The van der Waals surface area contributed by atoms with Crippen molar-refractivity contribution >= 4 is 10.0 Å². The molecule has 0 spiro atoms. The fourth-order valence-corrected chi connectivity index (χ4v) is 4.75. The largest absolute Gasteiger partial charge is 0.494 e. The van der Waals surface area contributed by atoms with E-state index in [4.69, 9.17) is 4.74 Å². The van der Waals surface area contributed by atoms with Crippen molar-refractivity contribution in [2.24, 2.45) is 5.92 Å². The van der Waals surface area contributed by atoms with Crippen molar-refractivity contribution in [2.45, 2.75) is 45.4 Å². The normalized spacial score (nSPS) is 20.5. The van der Waals surface area contributed by atoms with Gasteiger partial charge in [0.2, 0.25) is 10.0 Å². The van der Waals surface area contributed by atoms with Crippen LogP contribution in [0.25, 0.3) is 0 Å². The van der Waals surface area contributed by atoms with E-state index in [0.29, 0.717) is 30.5 Å². The van der Waals surface area contributed by atoms with Crippen molar-refractivity contribution in [2.75, 3.05) is 19.7 Å². The van der Waals surface area contributed by atoms with Crippen LogP contribution in [-0.4, -0.2) is 32.4 Å². The van der Waals surface area contributed by atoms with Crippen molar-refractivity contribution in [1.82, 2.24) is 4.31 Å². The number of rotatable bonds is 4. The van der Waals surface area contributed by atoms with Crippen LogP contribution in [0.1, 0.15) is 37.8 Å². The van der Waals surface area contributed by atoms with Crippen LogP contribution in [0.15, 0.2) is 17.0 Å². The van der Waals surface area contributed by atoms with Gasteiger partial charge in [0, 0.05) is 13.1 Å². The number of hydrogen-bond donors (Lipinski definition) is 0. The Balaban J connectivity index is 2.38. The number of benzene rings is 1. The summed E-state index contributed by atoms with van der Waals surface area (Å²) in [5, 5.41) is 0. The fourth-order valence-electron chi connectivity index (χ4n) is 2.86. The summed E-state index contributed by atoms with van der Waals surface area (Å²) in [6.07, 6.45) is 2.04. The fraction of sp³-hybridized carbons (Fsp3) is 0.625. The first-order valence-corrected chi connectivity index (χ1v) is 9.04. The molecule has 1 saturated heterocycles. The topological polar surface area (TPSA) is 46.6 Å². The minimum absolute atomic E-state index is 0.414. The number of nitrogens with zero attached hydrogens (tertiary/aromatic N) is 1. The zero-order valence-corrected chi connectivity index (χ0v) is 14.2. The predicted molar refractivity (Wildman–Crippen MR) is 84.2 cm³/mol. The minimum Gasteiger partial charge on any atom is -0.494 e. The smallest absolute Gasteiger partial charge is 0.243 e. The first-order valence-electron chi connectivity index (χ1n) is 7.60. The Kier molecular flexibility index (Phi) is 4.94. The van der Waals surface area contributed by atoms with Gasteiger partial charge in [-0.3, -0.25) is 0 Å². The van der Waals surface area contributed by atoms with Gasteiger partial charge in [-0.2, -0.15) is 4.31 Å². The van der Waals surface area contributed by atoms with E-state index in [1.807, 2.05) is 26.8 Å². The molecule has 0 amide bonds. The third kappa shape index (κ3) is 3.40. The molecule has 1 fully saturated rings. The highest BCUT2D eigenvalue weighted by molar-refractivity contribution is 7.89. The average molecular weight is 311 g/mol. The van der Waals surface area contributed by atoms with Crippen LogP contribution in [-0.2, 0) is 10.0 Å². The Hall–Kier alpha value is -1.07. The van der Waals surface area contributed by atoms with Gasteiger partial charge in [0.1, 0.15) is 5.75 Å². The summed E-state index contributed by atoms with van der Waals surface area (Å²) in [5.41, 5.74) is 1.62. The summed E-state index contributed by atoms with van der Waals surface area (Å²) in [6.45, 7) is 9.58. The lowest BCUT2D eigenvalue weighted by molar-refractivity contribution is 0.281. The third-order valence-electron chi connectivity index (χ3n) is 4.01. The molecule has 1 aromatic rings. The van der Waals surface area contributed by atoms with Crippen LogP contribution in [0.3, 0.4) is 0 Å². The van der Waals surface area contributed by atoms with Gasteiger partial charge in [0.05, 0.1) is 11.5 Å². The molecule has 0 saturated carbocycles. The highest BCUT2D eigenvalue weighted by Crippen LogP contribution is 2.30. The van der Waals surface area contributed by atoms with E-state index < -0.39 is 10.0 Å². The summed E-state index contributed by atoms with van der Waals surface area (Å²) in [6, 6.07) is 3.58. The molecule has 0 bridgehead atoms. The maximum absolute atomic E-state index is 12.9. The molecule has 1 aliphatic heterocycles. The first-order chi connectivity index (χ1) is 9.86. The van der Waals surface area contributed by atoms with Gasteiger partial charge < -0.3 is 4.74 Å². The van der Waals surface area contributed by atoms with E-state index in [2.05, 4.69) is 6.92 Å². The van der Waals surface area contributed by atoms with Crippen LogP contribution in [0, 0.1) is 19.8 Å². The zero-order valence-electron chi connectivity index (χ0n) is 13.3. The van der Waals surface area contributed by atoms with Gasteiger partial charge in [0.25, 0.3) is 0 Å². The van der Waals surface area contributed by atoms with Crippen molar-refractivity contribution in [3.63, 3.8) is 0 Å². The Labute approximate surface area is 128 Å². The Bertz CT molecular complexity index is 610. The standard InChI is InChI=1S/C16H25NO3S/c1-5-20-15-9-14(4)16(10-13(15)3)21(18,19)17-8-6-7-12(2)11-17/h9-10,12H,5-8,11H2,1-4H3. The molecule has 4 nitrogen and oxygen atoms in total. The first kappa shape index (κ1) is 16.3. The lowest BCUT2D eigenvalue weighted by Crippen LogP contribution is -2.39. The second-order valence-electron chi connectivity index (χ2n) is 5.93. The summed E-state index contributed by atoms with van der Waals surface area (Å²) < 4.78 is 32.9. The maximum Gasteiger partial charge on any atom is 0.243 e. The van der Waals surface area contributed by atoms with Gasteiger partial charge in [-0.25, -0.2) is 8.42 Å². The van der Waals surface area contributed by atoms with Gasteiger partial charge in [0.15, 0.2) is 0 Å². The monoisotopic (exact) mass is 311 g/mol. The van der Waals surface area contributed by atoms with Gasteiger partial charge in [-0.1, -0.05) is 6.92 Å². The third-order valence-corrected chi connectivity index (χ3v) is 6.02. The molecule has 1 aromatic carbocycles. The van der Waals surface area contributed by atoms with Gasteiger partial charge >= 0.3 is 0 Å². The van der Waals surface area contributed by atoms with Crippen LogP contribution < -0.4 is 4.74 Å². The van der Waals surface area contributed by atoms with Crippen LogP contribution >= 0.6 is 0 Å². The van der Waals surface area contributed by atoms with Crippen LogP contribution in [0.5, 0.6) is 5.75 Å². The van der Waals surface area contributed by atoms with Crippen molar-refractivity contribution in [1.29, 1.82) is 0 Å². The van der Waals surface area contributed by atoms with Gasteiger partial charge in [-0.05, 0) is 62.8 Å². The molecule has 1 atom stereocenters. The molecule has 0 N–H and O–H groups in total. The summed E-state index contributed by atoms with van der Waals surface area (Å²) in [7, 11) is -3.40. The van der Waals surface area contributed by atoms with Crippen molar-refractivity contribution in [3.8, 4) is 5.75 Å². The zero-order chi connectivity index (χ0) is 15.6. The van der Waals surface area contributed by atoms with Gasteiger partial charge in [-0.15, -0.1) is 0 Å². The number of hydrogen-bond acceptors (Lipinski definition) is 3. The van der Waals surface area contributed by atoms with E-state index in [1.165, 1.54) is 0 Å². The highest BCUT2D eigenvalue weighted by atomic mass is 32.2. The minimum atomic E-state index is -3.40. The van der Waals surface area contributed by atoms with E-state index in [1.54, 1.807) is 10.4 Å². The van der Waals surface area contributed by atoms with Crippen molar-refractivity contribution in [3.05, 3.63) is 23.3 Å². The lowest BCUT2D eigenvalue weighted by Gasteiger charge is -2.30. The molecule has 5 heteroatoms. The van der Waals surface area contributed by atoms with E-state index in [9.17, 15) is 8.42 Å². The molecule has 0 aromatic heterocycles. The molecular weight excluding hydrogens is 286 g/mol. The lowest BCUT2D eigenvalue weighted by atomic mass is 10.0. The maximum atomic E-state index is 12.9. The molecule has 0 aliphatic carbocycles. The quantitative estimate of drug-likeness (QED) is 0.858. The van der Waals surface area contributed by atoms with E-state index in [-0.39, 0.29) is 0 Å². The second kappa shape index (κ2) is 6.36. The van der Waals surface area contributed by atoms with E-state index >= 15 is 0 Å². The predicted octanol–water partition coefficient (Wildman–Crippen LogP) is 3.12. The average Bonchev–Trinajstić information content (AvgIpc) is 2.42. The molecular formula is C16H25NO3S. The highest BCUT2D eigenvalue weighted by Gasteiger charge is 2.30. The molecule has 1 aliphatic rings. The molecule has 1 unspecified atom stereocenters. The van der Waals surface area contributed by atoms with Crippen molar-refractivity contribution < 1.29 is 13.2 Å². The second-order valence-corrected chi connectivity index (χ2v) is 7.83. The number of sulfonamides is 1. The Morgan fingerprint density at radius 3 is 2.62 bits per heavy atom. The number of piperidine rings is 1. The number of ether oxygens (including phenoxy) is 1. The molecule has 118 valence electrons. The van der Waals surface area contributed by atoms with E-state index in [0.717, 1.165) is 29.7 Å². The summed E-state index contributed by atoms with van der Waals surface area (Å²) >= 11 is 0. The van der Waals surface area contributed by atoms with Crippen LogP contribution in [0.4, 0.5) is 0 Å². The summed E-state index contributed by atoms with van der Waals surface area (Å²) in [4.78, 5) is 0.414.